The lowest BCUT2D eigenvalue weighted by molar-refractivity contribution is -0.117. The summed E-state index contributed by atoms with van der Waals surface area (Å²) in [5.74, 6) is 2.45. The number of amides is 1. The Bertz CT molecular complexity index is 789. The highest BCUT2D eigenvalue weighted by atomic mass is 16.2. The summed E-state index contributed by atoms with van der Waals surface area (Å²) >= 11 is 0. The van der Waals surface area contributed by atoms with Crippen molar-refractivity contribution in [2.45, 2.75) is 51.2 Å². The van der Waals surface area contributed by atoms with Crippen LogP contribution in [0.4, 0.5) is 5.69 Å². The second-order valence-electron chi connectivity index (χ2n) is 7.32. The van der Waals surface area contributed by atoms with Gasteiger partial charge in [0.15, 0.2) is 0 Å². The van der Waals surface area contributed by atoms with E-state index in [1.54, 1.807) is 0 Å². The topological polar surface area (TPSA) is 72.1 Å². The van der Waals surface area contributed by atoms with Gasteiger partial charge in [0.05, 0.1) is 24.5 Å². The molecule has 2 fully saturated rings. The summed E-state index contributed by atoms with van der Waals surface area (Å²) in [6.45, 7) is 4.68. The van der Waals surface area contributed by atoms with Gasteiger partial charge in [-0.2, -0.15) is 5.10 Å². The van der Waals surface area contributed by atoms with Gasteiger partial charge in [-0.1, -0.05) is 0 Å². The standard InChI is InChI=1S/C17H23N7O/c25-17-5-3-7-22(17)13-8-18-24(11-13)14-9-21(10-14)12-16-20-19-15-4-1-2-6-23(15)16/h8,11,14H,1-7,9-10,12H2. The van der Waals surface area contributed by atoms with Crippen molar-refractivity contribution in [2.75, 3.05) is 24.5 Å². The van der Waals surface area contributed by atoms with E-state index in [2.05, 4.69) is 24.8 Å². The number of aryl methyl sites for hydroxylation is 1. The summed E-state index contributed by atoms with van der Waals surface area (Å²) in [6, 6.07) is 0.384. The third kappa shape index (κ3) is 2.64. The molecule has 2 aromatic rings. The van der Waals surface area contributed by atoms with Crippen LogP contribution < -0.4 is 4.90 Å². The van der Waals surface area contributed by atoms with Gasteiger partial charge in [-0.05, 0) is 19.3 Å². The summed E-state index contributed by atoms with van der Waals surface area (Å²) in [5.41, 5.74) is 0.937. The van der Waals surface area contributed by atoms with E-state index in [9.17, 15) is 4.79 Å². The summed E-state index contributed by atoms with van der Waals surface area (Å²) in [7, 11) is 0. The average molecular weight is 341 g/mol. The van der Waals surface area contributed by atoms with Crippen LogP contribution in [0.15, 0.2) is 12.4 Å². The van der Waals surface area contributed by atoms with Gasteiger partial charge in [0.1, 0.15) is 11.6 Å². The summed E-state index contributed by atoms with van der Waals surface area (Å²) in [4.78, 5) is 16.1. The number of carbonyl (C=O) groups excluding carboxylic acids is 1. The Morgan fingerprint density at radius 2 is 2.00 bits per heavy atom. The molecule has 2 aromatic heterocycles. The molecule has 0 radical (unpaired) electrons. The van der Waals surface area contributed by atoms with Crippen LogP contribution in [0.2, 0.25) is 0 Å². The maximum Gasteiger partial charge on any atom is 0.227 e. The largest absolute Gasteiger partial charge is 0.314 e. The first-order chi connectivity index (χ1) is 12.3. The maximum atomic E-state index is 11.8. The highest BCUT2D eigenvalue weighted by molar-refractivity contribution is 5.95. The highest BCUT2D eigenvalue weighted by Crippen LogP contribution is 2.27. The van der Waals surface area contributed by atoms with Crippen LogP contribution in [0.5, 0.6) is 0 Å². The van der Waals surface area contributed by atoms with Gasteiger partial charge >= 0.3 is 0 Å². The van der Waals surface area contributed by atoms with E-state index in [4.69, 9.17) is 0 Å². The van der Waals surface area contributed by atoms with E-state index in [-0.39, 0.29) is 5.91 Å². The zero-order chi connectivity index (χ0) is 16.8. The lowest BCUT2D eigenvalue weighted by Gasteiger charge is -2.38. The van der Waals surface area contributed by atoms with Gasteiger partial charge in [-0.15, -0.1) is 10.2 Å². The van der Waals surface area contributed by atoms with E-state index < -0.39 is 0 Å². The van der Waals surface area contributed by atoms with E-state index in [0.717, 1.165) is 62.9 Å². The maximum absolute atomic E-state index is 11.8. The van der Waals surface area contributed by atoms with Gasteiger partial charge < -0.3 is 9.47 Å². The Hall–Kier alpha value is -2.22. The number of hydrogen-bond donors (Lipinski definition) is 0. The summed E-state index contributed by atoms with van der Waals surface area (Å²) < 4.78 is 4.30. The van der Waals surface area contributed by atoms with E-state index in [1.807, 2.05) is 22.0 Å². The van der Waals surface area contributed by atoms with Crippen LogP contribution in [0, 0.1) is 0 Å². The zero-order valence-electron chi connectivity index (χ0n) is 14.3. The van der Waals surface area contributed by atoms with Crippen LogP contribution in [-0.4, -0.2) is 55.0 Å². The fraction of sp³-hybridized carbons (Fsp3) is 0.647. The van der Waals surface area contributed by atoms with Crippen molar-refractivity contribution in [3.05, 3.63) is 24.0 Å². The minimum absolute atomic E-state index is 0.214. The van der Waals surface area contributed by atoms with Crippen molar-refractivity contribution in [3.63, 3.8) is 0 Å². The fourth-order valence-electron chi connectivity index (χ4n) is 4.11. The van der Waals surface area contributed by atoms with Crippen LogP contribution >= 0.6 is 0 Å². The number of hydrogen-bond acceptors (Lipinski definition) is 5. The van der Waals surface area contributed by atoms with Crippen molar-refractivity contribution in [3.8, 4) is 0 Å². The Kier molecular flexibility index (Phi) is 3.58. The molecular weight excluding hydrogens is 318 g/mol. The Morgan fingerprint density at radius 1 is 1.08 bits per heavy atom. The number of rotatable bonds is 4. The third-order valence-corrected chi connectivity index (χ3v) is 5.59. The molecule has 8 nitrogen and oxygen atoms in total. The fourth-order valence-corrected chi connectivity index (χ4v) is 4.11. The molecule has 5 rings (SSSR count). The average Bonchev–Trinajstić information content (AvgIpc) is 3.30. The highest BCUT2D eigenvalue weighted by Gasteiger charge is 2.31. The summed E-state index contributed by atoms with van der Waals surface area (Å²) in [5, 5.41) is 13.2. The molecule has 3 aliphatic rings. The molecule has 0 N–H and O–H groups in total. The first kappa shape index (κ1) is 15.1. The number of nitrogens with zero attached hydrogens (tertiary/aromatic N) is 7. The van der Waals surface area contributed by atoms with Gasteiger partial charge in [0.25, 0.3) is 0 Å². The SMILES string of the molecule is O=C1CCCN1c1cnn(C2CN(Cc3nnc4n3CCCC4)C2)c1. The number of likely N-dealkylation sites (tertiary alicyclic amines) is 1. The number of carbonyl (C=O) groups is 1. The quantitative estimate of drug-likeness (QED) is 0.829. The summed E-state index contributed by atoms with van der Waals surface area (Å²) in [6.07, 6.45) is 8.96. The molecule has 8 heteroatoms. The molecule has 0 bridgehead atoms. The molecule has 0 spiro atoms. The lowest BCUT2D eigenvalue weighted by atomic mass is 10.1. The molecule has 0 atom stereocenters. The van der Waals surface area contributed by atoms with Crippen LogP contribution in [0.1, 0.15) is 43.4 Å². The van der Waals surface area contributed by atoms with Crippen molar-refractivity contribution in [1.29, 1.82) is 0 Å². The van der Waals surface area contributed by atoms with Gasteiger partial charge in [-0.3, -0.25) is 14.4 Å². The number of aromatic nitrogens is 5. The molecule has 25 heavy (non-hydrogen) atoms. The molecule has 1 amide bonds. The Balaban J connectivity index is 1.20. The number of fused-ring (bicyclic) bond motifs is 1. The van der Waals surface area contributed by atoms with Crippen LogP contribution in [0.25, 0.3) is 0 Å². The molecule has 0 saturated carbocycles. The normalized spacial score (nSPS) is 21.6. The van der Waals surface area contributed by atoms with Gasteiger partial charge in [0, 0.05) is 45.2 Å². The smallest absolute Gasteiger partial charge is 0.227 e. The molecular formula is C17H23N7O. The lowest BCUT2D eigenvalue weighted by Crippen LogP contribution is -2.47. The second-order valence-corrected chi connectivity index (χ2v) is 7.32. The first-order valence-electron chi connectivity index (χ1n) is 9.26. The van der Waals surface area contributed by atoms with Crippen molar-refractivity contribution < 1.29 is 4.79 Å². The molecule has 2 saturated heterocycles. The molecule has 132 valence electrons. The van der Waals surface area contributed by atoms with Crippen molar-refractivity contribution in [1.82, 2.24) is 29.4 Å². The van der Waals surface area contributed by atoms with Gasteiger partial charge in [-0.25, -0.2) is 0 Å². The predicted molar refractivity (Wildman–Crippen MR) is 91.1 cm³/mol. The molecule has 0 unspecified atom stereocenters. The van der Waals surface area contributed by atoms with E-state index in [0.29, 0.717) is 12.5 Å². The predicted octanol–water partition coefficient (Wildman–Crippen LogP) is 0.995. The van der Waals surface area contributed by atoms with Crippen molar-refractivity contribution in [2.24, 2.45) is 0 Å². The molecule has 3 aliphatic heterocycles. The van der Waals surface area contributed by atoms with Crippen molar-refractivity contribution >= 4 is 11.6 Å². The van der Waals surface area contributed by atoms with E-state index in [1.165, 1.54) is 12.8 Å². The minimum Gasteiger partial charge on any atom is -0.314 e. The van der Waals surface area contributed by atoms with E-state index >= 15 is 0 Å². The monoisotopic (exact) mass is 341 g/mol. The zero-order valence-corrected chi connectivity index (χ0v) is 14.3. The first-order valence-corrected chi connectivity index (χ1v) is 9.26. The second kappa shape index (κ2) is 5.94. The Morgan fingerprint density at radius 3 is 2.84 bits per heavy atom. The number of anilines is 1. The molecule has 0 aliphatic carbocycles. The van der Waals surface area contributed by atoms with Crippen LogP contribution in [-0.2, 0) is 24.3 Å². The minimum atomic E-state index is 0.214. The van der Waals surface area contributed by atoms with Crippen LogP contribution in [0.3, 0.4) is 0 Å². The van der Waals surface area contributed by atoms with Gasteiger partial charge in [0.2, 0.25) is 5.91 Å². The Labute approximate surface area is 146 Å². The molecule has 0 aromatic carbocycles. The third-order valence-electron chi connectivity index (χ3n) is 5.59. The molecule has 5 heterocycles.